The van der Waals surface area contributed by atoms with E-state index in [1.165, 1.54) is 24.3 Å². The molecular formula is C13H17N3O4S. The van der Waals surface area contributed by atoms with Gasteiger partial charge in [0.05, 0.1) is 18.1 Å². The van der Waals surface area contributed by atoms with Crippen molar-refractivity contribution in [3.63, 3.8) is 0 Å². The molecule has 0 aromatic heterocycles. The Balaban J connectivity index is 1.90. The molecule has 8 heteroatoms. The Morgan fingerprint density at radius 1 is 1.19 bits per heavy atom. The molecule has 1 aromatic rings. The van der Waals surface area contributed by atoms with Crippen LogP contribution in [0.3, 0.4) is 0 Å². The van der Waals surface area contributed by atoms with Crippen molar-refractivity contribution in [3.8, 4) is 0 Å². The van der Waals surface area contributed by atoms with Crippen molar-refractivity contribution < 1.29 is 17.9 Å². The summed E-state index contributed by atoms with van der Waals surface area (Å²) in [7, 11) is -3.72. The van der Waals surface area contributed by atoms with Gasteiger partial charge in [-0.3, -0.25) is 0 Å². The molecule has 7 nitrogen and oxygen atoms in total. The normalized spacial score (nSPS) is 15.4. The number of hydrogen-bond acceptors (Lipinski definition) is 4. The number of hydrogen-bond donors (Lipinski definition) is 3. The van der Waals surface area contributed by atoms with Gasteiger partial charge >= 0.3 is 6.03 Å². The average molecular weight is 311 g/mol. The number of primary sulfonamides is 1. The van der Waals surface area contributed by atoms with Gasteiger partial charge in [-0.2, -0.15) is 0 Å². The Morgan fingerprint density at radius 2 is 1.81 bits per heavy atom. The number of anilines is 1. The van der Waals surface area contributed by atoms with Gasteiger partial charge in [0.25, 0.3) is 0 Å². The summed E-state index contributed by atoms with van der Waals surface area (Å²) in [5.74, 6) is 0. The lowest BCUT2D eigenvalue weighted by Crippen LogP contribution is -2.25. The number of sulfonamides is 1. The molecule has 1 fully saturated rings. The third kappa shape index (κ3) is 4.85. The highest BCUT2D eigenvalue weighted by Gasteiger charge is 2.08. The molecule has 0 spiro atoms. The molecule has 0 unspecified atom stereocenters. The predicted molar refractivity (Wildman–Crippen MR) is 78.1 cm³/mol. The fourth-order valence-corrected chi connectivity index (χ4v) is 2.36. The molecule has 2 rings (SSSR count). The number of nitrogens with two attached hydrogens (primary N) is 1. The summed E-state index contributed by atoms with van der Waals surface area (Å²) in [5, 5.41) is 10.2. The van der Waals surface area contributed by atoms with E-state index < -0.39 is 16.1 Å². The Labute approximate surface area is 123 Å². The fraction of sp³-hybridized carbons (Fsp3) is 0.308. The lowest BCUT2D eigenvalue weighted by atomic mass is 10.1. The van der Waals surface area contributed by atoms with Gasteiger partial charge in [-0.15, -0.1) is 0 Å². The predicted octanol–water partition coefficient (Wildman–Crippen LogP) is 1.15. The monoisotopic (exact) mass is 311 g/mol. The Bertz CT molecular complexity index is 630. The molecule has 0 atom stereocenters. The van der Waals surface area contributed by atoms with Crippen molar-refractivity contribution in [2.45, 2.75) is 17.7 Å². The van der Waals surface area contributed by atoms with E-state index in [-0.39, 0.29) is 4.90 Å². The van der Waals surface area contributed by atoms with Crippen LogP contribution in [0, 0.1) is 0 Å². The number of carbonyl (C=O) groups is 1. The highest BCUT2D eigenvalue weighted by Crippen LogP contribution is 2.13. The van der Waals surface area contributed by atoms with Crippen LogP contribution in [0.1, 0.15) is 12.8 Å². The average Bonchev–Trinajstić information content (AvgIpc) is 2.46. The third-order valence-corrected chi connectivity index (χ3v) is 3.91. The molecule has 0 saturated carbocycles. The Kier molecular flexibility index (Phi) is 4.94. The molecule has 4 N–H and O–H groups in total. The summed E-state index contributed by atoms with van der Waals surface area (Å²) in [6.07, 6.45) is 3.29. The number of urea groups is 1. The van der Waals surface area contributed by atoms with Crippen molar-refractivity contribution in [1.29, 1.82) is 0 Å². The van der Waals surface area contributed by atoms with Crippen molar-refractivity contribution in [1.82, 2.24) is 5.32 Å². The fourth-order valence-electron chi connectivity index (χ4n) is 1.84. The molecule has 1 heterocycles. The van der Waals surface area contributed by atoms with Gasteiger partial charge in [-0.25, -0.2) is 18.4 Å². The minimum Gasteiger partial charge on any atom is -0.381 e. The van der Waals surface area contributed by atoms with Crippen LogP contribution < -0.4 is 15.8 Å². The second-order valence-electron chi connectivity index (χ2n) is 4.58. The van der Waals surface area contributed by atoms with Gasteiger partial charge in [0, 0.05) is 11.9 Å². The third-order valence-electron chi connectivity index (χ3n) is 2.98. The number of carbonyl (C=O) groups excluding carboxylic acids is 1. The van der Waals surface area contributed by atoms with E-state index >= 15 is 0 Å². The minimum absolute atomic E-state index is 0.00205. The zero-order valence-corrected chi connectivity index (χ0v) is 12.2. The largest absolute Gasteiger partial charge is 0.381 e. The molecule has 1 aromatic carbocycles. The summed E-state index contributed by atoms with van der Waals surface area (Å²) >= 11 is 0. The smallest absolute Gasteiger partial charge is 0.323 e. The molecule has 21 heavy (non-hydrogen) atoms. The first-order chi connectivity index (χ1) is 9.95. The van der Waals surface area contributed by atoms with E-state index in [2.05, 4.69) is 10.6 Å². The zero-order valence-electron chi connectivity index (χ0n) is 11.3. The van der Waals surface area contributed by atoms with Gasteiger partial charge < -0.3 is 15.4 Å². The van der Waals surface area contributed by atoms with Crippen LogP contribution in [0.15, 0.2) is 40.9 Å². The van der Waals surface area contributed by atoms with Crippen LogP contribution in [0.4, 0.5) is 10.5 Å². The highest BCUT2D eigenvalue weighted by molar-refractivity contribution is 7.89. The maximum Gasteiger partial charge on any atom is 0.323 e. The number of ether oxygens (including phenoxy) is 1. The van der Waals surface area contributed by atoms with E-state index in [9.17, 15) is 13.2 Å². The summed E-state index contributed by atoms with van der Waals surface area (Å²) in [5.41, 5.74) is 1.60. The van der Waals surface area contributed by atoms with Crippen LogP contribution in [0.25, 0.3) is 0 Å². The topological polar surface area (TPSA) is 111 Å². The van der Waals surface area contributed by atoms with Crippen molar-refractivity contribution >= 4 is 21.7 Å². The SMILES string of the molecule is NS(=O)(=O)c1ccc(NC(=O)NC=C2CCOCC2)cc1. The zero-order chi connectivity index (χ0) is 15.3. The van der Waals surface area contributed by atoms with Crippen LogP contribution in [0.2, 0.25) is 0 Å². The summed E-state index contributed by atoms with van der Waals surface area (Å²) in [4.78, 5) is 11.7. The first-order valence-corrected chi connectivity index (χ1v) is 7.96. The summed E-state index contributed by atoms with van der Waals surface area (Å²) < 4.78 is 27.4. The van der Waals surface area contributed by atoms with Crippen LogP contribution in [0.5, 0.6) is 0 Å². The number of rotatable bonds is 3. The second-order valence-corrected chi connectivity index (χ2v) is 6.14. The lowest BCUT2D eigenvalue weighted by molar-refractivity contribution is 0.119. The van der Waals surface area contributed by atoms with Crippen LogP contribution >= 0.6 is 0 Å². The number of nitrogens with one attached hydrogen (secondary N) is 2. The van der Waals surface area contributed by atoms with Crippen LogP contribution in [-0.2, 0) is 14.8 Å². The van der Waals surface area contributed by atoms with Crippen molar-refractivity contribution in [3.05, 3.63) is 36.0 Å². The van der Waals surface area contributed by atoms with Gasteiger partial charge in [0.2, 0.25) is 10.0 Å². The molecular weight excluding hydrogens is 294 g/mol. The summed E-state index contributed by atoms with van der Waals surface area (Å²) in [6.45, 7) is 1.34. The lowest BCUT2D eigenvalue weighted by Gasteiger charge is -2.14. The molecule has 1 saturated heterocycles. The molecule has 114 valence electrons. The van der Waals surface area contributed by atoms with Crippen molar-refractivity contribution in [2.24, 2.45) is 5.14 Å². The maximum absolute atomic E-state index is 11.7. The molecule has 0 aliphatic carbocycles. The van der Waals surface area contributed by atoms with E-state index in [4.69, 9.17) is 9.88 Å². The Morgan fingerprint density at radius 3 is 2.38 bits per heavy atom. The number of benzene rings is 1. The van der Waals surface area contributed by atoms with Gasteiger partial charge in [0.15, 0.2) is 0 Å². The minimum atomic E-state index is -3.72. The van der Waals surface area contributed by atoms with Gasteiger partial charge in [-0.1, -0.05) is 0 Å². The Hall–Kier alpha value is -1.90. The van der Waals surface area contributed by atoms with E-state index in [0.717, 1.165) is 18.4 Å². The number of amides is 2. The highest BCUT2D eigenvalue weighted by atomic mass is 32.2. The van der Waals surface area contributed by atoms with Gasteiger partial charge in [-0.05, 0) is 42.7 Å². The second kappa shape index (κ2) is 6.70. The standard InChI is InChI=1S/C13H17N3O4S/c14-21(18,19)12-3-1-11(2-4-12)16-13(17)15-9-10-5-7-20-8-6-10/h1-4,9H,5-8H2,(H2,14,18,19)(H2,15,16,17). The first kappa shape index (κ1) is 15.5. The van der Waals surface area contributed by atoms with E-state index in [1.54, 1.807) is 6.20 Å². The molecule has 0 radical (unpaired) electrons. The van der Waals surface area contributed by atoms with E-state index in [1.807, 2.05) is 0 Å². The van der Waals surface area contributed by atoms with Crippen LogP contribution in [-0.4, -0.2) is 27.7 Å². The van der Waals surface area contributed by atoms with Gasteiger partial charge in [0.1, 0.15) is 0 Å². The molecule has 2 amide bonds. The quantitative estimate of drug-likeness (QED) is 0.777. The maximum atomic E-state index is 11.7. The molecule has 1 aliphatic rings. The van der Waals surface area contributed by atoms with Crippen molar-refractivity contribution in [2.75, 3.05) is 18.5 Å². The molecule has 1 aliphatic heterocycles. The van der Waals surface area contributed by atoms with E-state index in [0.29, 0.717) is 18.9 Å². The molecule has 0 bridgehead atoms. The first-order valence-electron chi connectivity index (χ1n) is 6.41. The summed E-state index contributed by atoms with van der Waals surface area (Å²) in [6, 6.07) is 5.23.